The summed E-state index contributed by atoms with van der Waals surface area (Å²) < 4.78 is 8.67. The topological polar surface area (TPSA) is 122 Å². The van der Waals surface area contributed by atoms with E-state index in [2.05, 4.69) is 27.3 Å². The summed E-state index contributed by atoms with van der Waals surface area (Å²) in [4.78, 5) is 44.0. The summed E-state index contributed by atoms with van der Waals surface area (Å²) in [6.45, 7) is 7.01. The number of piperidine rings is 1. The standard InChI is InChI=1S/C33H41N5O5/c1-3-16-37-28-19-27(35-30(28)31(40)38(17-4-2)32(37)41)25-11-13-26(14-12-25)43-21-29(39)34-22-33(42)15-8-18-36(23-33)20-24-9-6-5-7-10-24/h5-7,9-14,19,35,42H,3-4,8,15-18,20-23H2,1-2H3,(H,34,39). The van der Waals surface area contributed by atoms with Gasteiger partial charge in [0.05, 0.1) is 11.1 Å². The monoisotopic (exact) mass is 587 g/mol. The maximum atomic E-state index is 13.1. The number of nitrogens with one attached hydrogen (secondary N) is 2. The number of H-pyrrole nitrogens is 1. The largest absolute Gasteiger partial charge is 0.484 e. The number of nitrogens with zero attached hydrogens (tertiary/aromatic N) is 3. The van der Waals surface area contributed by atoms with Gasteiger partial charge in [0.1, 0.15) is 11.3 Å². The number of aliphatic hydroxyl groups is 1. The van der Waals surface area contributed by atoms with Crippen molar-refractivity contribution in [1.82, 2.24) is 24.3 Å². The van der Waals surface area contributed by atoms with Crippen molar-refractivity contribution in [2.45, 2.75) is 64.8 Å². The number of ether oxygens (including phenoxy) is 1. The number of hydrogen-bond acceptors (Lipinski definition) is 6. The molecule has 4 aromatic rings. The Morgan fingerprint density at radius 1 is 1.02 bits per heavy atom. The Morgan fingerprint density at radius 2 is 1.74 bits per heavy atom. The van der Waals surface area contributed by atoms with E-state index >= 15 is 0 Å². The lowest BCUT2D eigenvalue weighted by molar-refractivity contribution is -0.125. The summed E-state index contributed by atoms with van der Waals surface area (Å²) >= 11 is 0. The van der Waals surface area contributed by atoms with Gasteiger partial charge < -0.3 is 20.1 Å². The van der Waals surface area contributed by atoms with Crippen LogP contribution in [0.15, 0.2) is 70.3 Å². The van der Waals surface area contributed by atoms with Crippen LogP contribution in [0.2, 0.25) is 0 Å². The molecule has 1 fully saturated rings. The summed E-state index contributed by atoms with van der Waals surface area (Å²) in [5, 5.41) is 14.0. The number of aromatic amines is 1. The average Bonchev–Trinajstić information content (AvgIpc) is 3.46. The van der Waals surface area contributed by atoms with Crippen LogP contribution in [0, 0.1) is 0 Å². The molecular formula is C33H41N5O5. The van der Waals surface area contributed by atoms with Crippen molar-refractivity contribution in [2.75, 3.05) is 26.2 Å². The Balaban J connectivity index is 1.18. The van der Waals surface area contributed by atoms with Crippen LogP contribution < -0.4 is 21.3 Å². The molecule has 43 heavy (non-hydrogen) atoms. The first-order valence-electron chi connectivity index (χ1n) is 15.1. The van der Waals surface area contributed by atoms with Crippen molar-refractivity contribution < 1.29 is 14.6 Å². The zero-order chi connectivity index (χ0) is 30.4. The van der Waals surface area contributed by atoms with E-state index in [4.69, 9.17) is 4.74 Å². The smallest absolute Gasteiger partial charge is 0.331 e. The first kappa shape index (κ1) is 30.3. The van der Waals surface area contributed by atoms with Gasteiger partial charge in [-0.25, -0.2) is 4.79 Å². The third kappa shape index (κ3) is 7.09. The van der Waals surface area contributed by atoms with Crippen molar-refractivity contribution in [1.29, 1.82) is 0 Å². The van der Waals surface area contributed by atoms with Crippen LogP contribution in [0.4, 0.5) is 0 Å². The third-order valence-electron chi connectivity index (χ3n) is 7.94. The number of amides is 1. The van der Waals surface area contributed by atoms with Crippen molar-refractivity contribution in [3.05, 3.63) is 87.1 Å². The molecule has 0 spiro atoms. The summed E-state index contributed by atoms with van der Waals surface area (Å²) in [6, 6.07) is 19.2. The summed E-state index contributed by atoms with van der Waals surface area (Å²) in [7, 11) is 0. The number of benzene rings is 2. The Labute approximate surface area is 250 Å². The SMILES string of the molecule is CCCn1c(=O)c2[nH]c(-c3ccc(OCC(=O)NCC4(O)CCCN(Cc5ccccc5)C4)cc3)cc2n(CCC)c1=O. The van der Waals surface area contributed by atoms with E-state index in [0.717, 1.165) is 37.2 Å². The highest BCUT2D eigenvalue weighted by atomic mass is 16.5. The lowest BCUT2D eigenvalue weighted by Crippen LogP contribution is -2.54. The van der Waals surface area contributed by atoms with Crippen molar-refractivity contribution in [2.24, 2.45) is 0 Å². The van der Waals surface area contributed by atoms with Crippen LogP contribution in [-0.4, -0.2) is 61.9 Å². The Bertz CT molecular complexity index is 1660. The molecule has 0 bridgehead atoms. The van der Waals surface area contributed by atoms with Gasteiger partial charge in [-0.15, -0.1) is 0 Å². The first-order valence-corrected chi connectivity index (χ1v) is 15.1. The fourth-order valence-electron chi connectivity index (χ4n) is 5.83. The summed E-state index contributed by atoms with van der Waals surface area (Å²) in [5.74, 6) is 0.221. The molecule has 1 aliphatic rings. The minimum atomic E-state index is -0.980. The zero-order valence-electron chi connectivity index (χ0n) is 25.0. The number of rotatable bonds is 12. The van der Waals surface area contributed by atoms with E-state index in [-0.39, 0.29) is 30.3 Å². The molecule has 3 heterocycles. The molecular weight excluding hydrogens is 546 g/mol. The fourth-order valence-corrected chi connectivity index (χ4v) is 5.83. The predicted molar refractivity (Wildman–Crippen MR) is 167 cm³/mol. The van der Waals surface area contributed by atoms with E-state index in [1.807, 2.05) is 50.2 Å². The van der Waals surface area contributed by atoms with Crippen LogP contribution >= 0.6 is 0 Å². The number of carbonyl (C=O) groups excluding carboxylic acids is 1. The average molecular weight is 588 g/mol. The van der Waals surface area contributed by atoms with Gasteiger partial charge in [-0.2, -0.15) is 0 Å². The molecule has 0 saturated carbocycles. The van der Waals surface area contributed by atoms with Gasteiger partial charge in [0.25, 0.3) is 11.5 Å². The molecule has 1 atom stereocenters. The van der Waals surface area contributed by atoms with Crippen LogP contribution in [-0.2, 0) is 24.4 Å². The number of β-amino-alcohol motifs (C(OH)–C–C–N with tert-alkyl or cyclic N) is 1. The van der Waals surface area contributed by atoms with Gasteiger partial charge in [0.2, 0.25) is 0 Å². The highest BCUT2D eigenvalue weighted by molar-refractivity contribution is 5.82. The van der Waals surface area contributed by atoms with Gasteiger partial charge in [-0.05, 0) is 73.7 Å². The Morgan fingerprint density at radius 3 is 2.47 bits per heavy atom. The van der Waals surface area contributed by atoms with E-state index < -0.39 is 5.60 Å². The molecule has 2 aromatic heterocycles. The number of fused-ring (bicyclic) bond motifs is 1. The quantitative estimate of drug-likeness (QED) is 0.233. The van der Waals surface area contributed by atoms with Crippen LogP contribution in [0.1, 0.15) is 45.1 Å². The molecule has 10 heteroatoms. The van der Waals surface area contributed by atoms with Gasteiger partial charge in [0.15, 0.2) is 6.61 Å². The predicted octanol–water partition coefficient (Wildman–Crippen LogP) is 3.50. The van der Waals surface area contributed by atoms with E-state index in [1.54, 1.807) is 16.7 Å². The molecule has 1 aliphatic heterocycles. The van der Waals surface area contributed by atoms with Crippen molar-refractivity contribution >= 4 is 16.9 Å². The van der Waals surface area contributed by atoms with Gasteiger partial charge >= 0.3 is 5.69 Å². The molecule has 1 saturated heterocycles. The number of aromatic nitrogens is 3. The van der Waals surface area contributed by atoms with Crippen LogP contribution in [0.3, 0.4) is 0 Å². The molecule has 1 amide bonds. The second kappa shape index (κ2) is 13.4. The van der Waals surface area contributed by atoms with Crippen LogP contribution in [0.25, 0.3) is 22.3 Å². The number of carbonyl (C=O) groups is 1. The molecule has 1 unspecified atom stereocenters. The van der Waals surface area contributed by atoms with Gasteiger partial charge in [-0.3, -0.25) is 23.6 Å². The number of hydrogen-bond donors (Lipinski definition) is 3. The number of likely N-dealkylation sites (tertiary alicyclic amines) is 1. The molecule has 5 rings (SSSR count). The summed E-state index contributed by atoms with van der Waals surface area (Å²) in [5.41, 5.74) is 2.18. The van der Waals surface area contributed by atoms with Crippen molar-refractivity contribution in [3.63, 3.8) is 0 Å². The normalized spacial score (nSPS) is 17.3. The van der Waals surface area contributed by atoms with Gasteiger partial charge in [-0.1, -0.05) is 44.2 Å². The highest BCUT2D eigenvalue weighted by Crippen LogP contribution is 2.25. The van der Waals surface area contributed by atoms with E-state index in [9.17, 15) is 19.5 Å². The molecule has 0 radical (unpaired) electrons. The maximum Gasteiger partial charge on any atom is 0.331 e. The summed E-state index contributed by atoms with van der Waals surface area (Å²) in [6.07, 6.45) is 2.96. The molecule has 10 nitrogen and oxygen atoms in total. The second-order valence-electron chi connectivity index (χ2n) is 11.4. The molecule has 2 aromatic carbocycles. The minimum absolute atomic E-state index is 0.170. The fraction of sp³-hybridized carbons (Fsp3) is 0.424. The van der Waals surface area contributed by atoms with E-state index in [0.29, 0.717) is 49.3 Å². The molecule has 228 valence electrons. The lowest BCUT2D eigenvalue weighted by atomic mass is 9.92. The lowest BCUT2D eigenvalue weighted by Gasteiger charge is -2.39. The van der Waals surface area contributed by atoms with Crippen molar-refractivity contribution in [3.8, 4) is 17.0 Å². The number of aryl methyl sites for hydroxylation is 1. The Hall–Kier alpha value is -4.15. The Kier molecular flexibility index (Phi) is 9.47. The maximum absolute atomic E-state index is 13.1. The highest BCUT2D eigenvalue weighted by Gasteiger charge is 2.33. The first-order chi connectivity index (χ1) is 20.8. The third-order valence-corrected chi connectivity index (χ3v) is 7.94. The van der Waals surface area contributed by atoms with Gasteiger partial charge in [0, 0.05) is 38.4 Å². The minimum Gasteiger partial charge on any atom is -0.484 e. The zero-order valence-corrected chi connectivity index (χ0v) is 25.0. The van der Waals surface area contributed by atoms with Crippen LogP contribution in [0.5, 0.6) is 5.75 Å². The molecule has 0 aliphatic carbocycles. The second-order valence-corrected chi connectivity index (χ2v) is 11.4. The molecule has 3 N–H and O–H groups in total. The van der Waals surface area contributed by atoms with E-state index in [1.165, 1.54) is 10.1 Å².